The Morgan fingerprint density at radius 2 is 2.06 bits per heavy atom. The second-order valence-corrected chi connectivity index (χ2v) is 3.88. The summed E-state index contributed by atoms with van der Waals surface area (Å²) in [5.41, 5.74) is 9.92. The zero-order valence-corrected chi connectivity index (χ0v) is 9.95. The Hall–Kier alpha value is -2.34. The smallest absolute Gasteiger partial charge is 0.203 e. The van der Waals surface area contributed by atoms with Gasteiger partial charge in [0.05, 0.1) is 19.3 Å². The van der Waals surface area contributed by atoms with Gasteiger partial charge in [0.1, 0.15) is 0 Å². The van der Waals surface area contributed by atoms with E-state index in [1.165, 1.54) is 5.56 Å². The molecule has 0 saturated carbocycles. The van der Waals surface area contributed by atoms with Crippen LogP contribution >= 0.6 is 0 Å². The molecule has 2 rings (SSSR count). The summed E-state index contributed by atoms with van der Waals surface area (Å²) in [6.45, 7) is 1.21. The number of nitrogens with two attached hydrogens (primary N) is 2. The molecule has 0 atom stereocenters. The third-order valence-electron chi connectivity index (χ3n) is 2.45. The number of hydrogen-bond donors (Lipinski definition) is 3. The number of hydrogen-bond acceptors (Lipinski definition) is 3. The summed E-state index contributed by atoms with van der Waals surface area (Å²) in [5, 5.41) is 4.27. The summed E-state index contributed by atoms with van der Waals surface area (Å²) in [6, 6.07) is 10.1. The molecule has 1 heterocycles. The van der Waals surface area contributed by atoms with Gasteiger partial charge in [-0.15, -0.1) is 0 Å². The van der Waals surface area contributed by atoms with E-state index < -0.39 is 0 Å². The van der Waals surface area contributed by atoms with Gasteiger partial charge < -0.3 is 5.73 Å². The van der Waals surface area contributed by atoms with Crippen LogP contribution in [0.25, 0.3) is 0 Å². The van der Waals surface area contributed by atoms with E-state index in [2.05, 4.69) is 27.6 Å². The second kappa shape index (κ2) is 5.83. The molecule has 18 heavy (non-hydrogen) atoms. The lowest BCUT2D eigenvalue weighted by molar-refractivity contribution is 0.686. The minimum atomic E-state index is 0.214. The van der Waals surface area contributed by atoms with Crippen LogP contribution in [0.1, 0.15) is 11.1 Å². The fourth-order valence-electron chi connectivity index (χ4n) is 1.57. The van der Waals surface area contributed by atoms with Crippen LogP contribution in [0.2, 0.25) is 0 Å². The van der Waals surface area contributed by atoms with E-state index in [1.807, 2.05) is 29.1 Å². The molecule has 0 aliphatic heterocycles. The van der Waals surface area contributed by atoms with Gasteiger partial charge in [-0.3, -0.25) is 10.1 Å². The Labute approximate surface area is 105 Å². The molecule has 0 aliphatic carbocycles. The molecular weight excluding hydrogens is 228 g/mol. The molecule has 0 saturated heterocycles. The SMILES string of the molecule is NNC(N)=NCc1cnn(Cc2ccccc2)c1. The first kappa shape index (κ1) is 12.1. The van der Waals surface area contributed by atoms with Gasteiger partial charge in [0.15, 0.2) is 0 Å². The van der Waals surface area contributed by atoms with E-state index >= 15 is 0 Å². The van der Waals surface area contributed by atoms with E-state index in [-0.39, 0.29) is 5.96 Å². The average Bonchev–Trinajstić information content (AvgIpc) is 2.85. The Kier molecular flexibility index (Phi) is 3.93. The predicted molar refractivity (Wildman–Crippen MR) is 70.4 cm³/mol. The maximum absolute atomic E-state index is 5.44. The minimum absolute atomic E-state index is 0.214. The molecule has 5 N–H and O–H groups in total. The summed E-state index contributed by atoms with van der Waals surface area (Å²) in [5.74, 6) is 5.33. The summed E-state index contributed by atoms with van der Waals surface area (Å²) < 4.78 is 1.87. The third kappa shape index (κ3) is 3.33. The van der Waals surface area contributed by atoms with E-state index in [0.29, 0.717) is 6.54 Å². The van der Waals surface area contributed by atoms with Gasteiger partial charge in [-0.1, -0.05) is 30.3 Å². The summed E-state index contributed by atoms with van der Waals surface area (Å²) in [4.78, 5) is 4.04. The Morgan fingerprint density at radius 1 is 1.28 bits per heavy atom. The molecule has 0 amide bonds. The molecule has 0 bridgehead atoms. The molecular formula is C12H16N6. The van der Waals surface area contributed by atoms with Crippen LogP contribution in [0.5, 0.6) is 0 Å². The first-order valence-corrected chi connectivity index (χ1v) is 5.59. The molecule has 0 aliphatic rings. The summed E-state index contributed by atoms with van der Waals surface area (Å²) in [6.07, 6.45) is 3.72. The van der Waals surface area contributed by atoms with Gasteiger partial charge in [-0.2, -0.15) is 5.10 Å². The topological polar surface area (TPSA) is 94.2 Å². The van der Waals surface area contributed by atoms with Crippen molar-refractivity contribution in [2.24, 2.45) is 16.6 Å². The third-order valence-corrected chi connectivity index (χ3v) is 2.45. The van der Waals surface area contributed by atoms with Crippen molar-refractivity contribution in [2.45, 2.75) is 13.1 Å². The fourth-order valence-corrected chi connectivity index (χ4v) is 1.57. The van der Waals surface area contributed by atoms with Gasteiger partial charge in [-0.05, 0) is 5.56 Å². The first-order valence-electron chi connectivity index (χ1n) is 5.59. The lowest BCUT2D eigenvalue weighted by Crippen LogP contribution is -2.37. The molecule has 0 unspecified atom stereocenters. The van der Waals surface area contributed by atoms with Crippen molar-refractivity contribution in [3.63, 3.8) is 0 Å². The van der Waals surface area contributed by atoms with Crippen LogP contribution in [0, 0.1) is 0 Å². The number of aliphatic imine (C=N–C) groups is 1. The van der Waals surface area contributed by atoms with Crippen LogP contribution in [0.3, 0.4) is 0 Å². The van der Waals surface area contributed by atoms with Gasteiger partial charge in [0.2, 0.25) is 5.96 Å². The quantitative estimate of drug-likeness (QED) is 0.310. The van der Waals surface area contributed by atoms with E-state index in [9.17, 15) is 0 Å². The Balaban J connectivity index is 1.98. The molecule has 6 heteroatoms. The van der Waals surface area contributed by atoms with Crippen molar-refractivity contribution < 1.29 is 0 Å². The van der Waals surface area contributed by atoms with Crippen molar-refractivity contribution in [2.75, 3.05) is 0 Å². The standard InChI is InChI=1S/C12H16N6/c13-12(17-14)15-6-11-7-16-18(9-11)8-10-4-2-1-3-5-10/h1-5,7,9H,6,8,14H2,(H3,13,15,17). The number of benzene rings is 1. The average molecular weight is 244 g/mol. The van der Waals surface area contributed by atoms with Crippen molar-refractivity contribution in [3.05, 3.63) is 53.9 Å². The second-order valence-electron chi connectivity index (χ2n) is 3.88. The zero-order chi connectivity index (χ0) is 12.8. The van der Waals surface area contributed by atoms with Crippen LogP contribution in [0.15, 0.2) is 47.7 Å². The number of guanidine groups is 1. The van der Waals surface area contributed by atoms with Gasteiger partial charge in [0.25, 0.3) is 0 Å². The van der Waals surface area contributed by atoms with Gasteiger partial charge in [-0.25, -0.2) is 10.8 Å². The van der Waals surface area contributed by atoms with E-state index in [4.69, 9.17) is 11.6 Å². The van der Waals surface area contributed by atoms with Crippen LogP contribution in [-0.4, -0.2) is 15.7 Å². The molecule has 1 aromatic carbocycles. The monoisotopic (exact) mass is 244 g/mol. The van der Waals surface area contributed by atoms with E-state index in [1.54, 1.807) is 6.20 Å². The molecule has 94 valence electrons. The molecule has 6 nitrogen and oxygen atoms in total. The minimum Gasteiger partial charge on any atom is -0.369 e. The summed E-state index contributed by atoms with van der Waals surface area (Å²) in [7, 11) is 0. The highest BCUT2D eigenvalue weighted by Crippen LogP contribution is 2.04. The van der Waals surface area contributed by atoms with Crippen LogP contribution in [0.4, 0.5) is 0 Å². The number of hydrazine groups is 1. The Morgan fingerprint density at radius 3 is 2.78 bits per heavy atom. The van der Waals surface area contributed by atoms with Gasteiger partial charge >= 0.3 is 0 Å². The fraction of sp³-hybridized carbons (Fsp3) is 0.167. The number of rotatable bonds is 4. The maximum atomic E-state index is 5.44. The molecule has 2 aromatic rings. The normalized spacial score (nSPS) is 11.5. The highest BCUT2D eigenvalue weighted by molar-refractivity contribution is 5.77. The van der Waals surface area contributed by atoms with E-state index in [0.717, 1.165) is 12.1 Å². The van der Waals surface area contributed by atoms with Crippen molar-refractivity contribution in [1.29, 1.82) is 0 Å². The molecule has 0 radical (unpaired) electrons. The Bertz CT molecular complexity index is 516. The molecule has 0 spiro atoms. The van der Waals surface area contributed by atoms with Crippen molar-refractivity contribution >= 4 is 5.96 Å². The van der Waals surface area contributed by atoms with Crippen molar-refractivity contribution in [3.8, 4) is 0 Å². The van der Waals surface area contributed by atoms with Crippen LogP contribution < -0.4 is 17.0 Å². The highest BCUT2D eigenvalue weighted by Gasteiger charge is 1.99. The zero-order valence-electron chi connectivity index (χ0n) is 9.95. The summed E-state index contributed by atoms with van der Waals surface area (Å²) >= 11 is 0. The predicted octanol–water partition coefficient (Wildman–Crippen LogP) is 0.209. The molecule has 1 aromatic heterocycles. The van der Waals surface area contributed by atoms with Crippen molar-refractivity contribution in [1.82, 2.24) is 15.2 Å². The first-order chi connectivity index (χ1) is 8.78. The van der Waals surface area contributed by atoms with Crippen LogP contribution in [-0.2, 0) is 13.1 Å². The lowest BCUT2D eigenvalue weighted by atomic mass is 10.2. The number of nitrogens with one attached hydrogen (secondary N) is 1. The lowest BCUT2D eigenvalue weighted by Gasteiger charge is -2.00. The maximum Gasteiger partial charge on any atom is 0.203 e. The van der Waals surface area contributed by atoms with Gasteiger partial charge in [0, 0.05) is 11.8 Å². The largest absolute Gasteiger partial charge is 0.369 e. The number of nitrogens with zero attached hydrogens (tertiary/aromatic N) is 3. The highest BCUT2D eigenvalue weighted by atomic mass is 15.3. The molecule has 0 fully saturated rings. The number of aromatic nitrogens is 2.